The Morgan fingerprint density at radius 3 is 2.78 bits per heavy atom. The molecule has 0 unspecified atom stereocenters. The first-order valence-electron chi connectivity index (χ1n) is 7.76. The zero-order chi connectivity index (χ0) is 16.2. The normalized spacial score (nSPS) is 30.2. The lowest BCUT2D eigenvalue weighted by Gasteiger charge is -2.24. The van der Waals surface area contributed by atoms with Crippen LogP contribution < -0.4 is 5.32 Å². The first kappa shape index (κ1) is 14.7. The Kier molecular flexibility index (Phi) is 3.06. The number of rotatable bonds is 3. The smallest absolute Gasteiger partial charge is 0.237 e. The molecule has 1 spiro atoms. The molecule has 1 N–H and O–H groups in total. The fourth-order valence-electron chi connectivity index (χ4n) is 3.70. The fourth-order valence-corrected chi connectivity index (χ4v) is 5.62. The van der Waals surface area contributed by atoms with Gasteiger partial charge in [-0.05, 0) is 30.4 Å². The van der Waals surface area contributed by atoms with Gasteiger partial charge in [0.15, 0.2) is 0 Å². The molecule has 1 aliphatic carbocycles. The molecule has 1 aromatic rings. The number of hydrogen-bond donors (Lipinski definition) is 1. The quantitative estimate of drug-likeness (QED) is 0.897. The van der Waals surface area contributed by atoms with Crippen molar-refractivity contribution in [2.45, 2.75) is 18.3 Å². The van der Waals surface area contributed by atoms with Crippen molar-refractivity contribution in [3.05, 3.63) is 29.8 Å². The van der Waals surface area contributed by atoms with E-state index >= 15 is 0 Å². The number of nitrogens with one attached hydrogen (secondary N) is 1. The topological polar surface area (TPSA) is 90.3 Å². The maximum Gasteiger partial charge on any atom is 0.237 e. The lowest BCUT2D eigenvalue weighted by Crippen LogP contribution is -2.42. The molecule has 2 atom stereocenters. The summed E-state index contributed by atoms with van der Waals surface area (Å²) in [7, 11) is -3.43. The predicted octanol–water partition coefficient (Wildman–Crippen LogP) is 1.07. The number of para-hydroxylation sites is 1. The highest BCUT2D eigenvalue weighted by molar-refractivity contribution is 7.89. The van der Waals surface area contributed by atoms with E-state index in [-0.39, 0.29) is 30.7 Å². The van der Waals surface area contributed by atoms with Crippen molar-refractivity contribution in [2.75, 3.05) is 24.2 Å². The molecular formula is C16H17N3O3S. The lowest BCUT2D eigenvalue weighted by molar-refractivity contribution is -0.121. The Labute approximate surface area is 135 Å². The molecule has 2 heterocycles. The summed E-state index contributed by atoms with van der Waals surface area (Å²) in [5.74, 6) is -0.568. The van der Waals surface area contributed by atoms with Crippen LogP contribution in [-0.2, 0) is 20.2 Å². The summed E-state index contributed by atoms with van der Waals surface area (Å²) in [4.78, 5) is 12.6. The Morgan fingerprint density at radius 1 is 1.35 bits per heavy atom. The number of hydrogen-bond acceptors (Lipinski definition) is 4. The molecule has 1 saturated carbocycles. The van der Waals surface area contributed by atoms with Gasteiger partial charge in [0.05, 0.1) is 17.7 Å². The van der Waals surface area contributed by atoms with Gasteiger partial charge >= 0.3 is 0 Å². The van der Waals surface area contributed by atoms with Crippen LogP contribution in [0.5, 0.6) is 0 Å². The van der Waals surface area contributed by atoms with Gasteiger partial charge in [-0.15, -0.1) is 0 Å². The van der Waals surface area contributed by atoms with E-state index in [1.165, 1.54) is 4.31 Å². The number of benzene rings is 1. The molecule has 4 rings (SSSR count). The van der Waals surface area contributed by atoms with Crippen molar-refractivity contribution in [1.29, 1.82) is 5.26 Å². The number of amides is 1. The number of carbonyl (C=O) groups excluding carboxylic acids is 1. The molecule has 7 heteroatoms. The van der Waals surface area contributed by atoms with E-state index in [9.17, 15) is 18.5 Å². The van der Waals surface area contributed by atoms with Crippen molar-refractivity contribution in [1.82, 2.24) is 4.31 Å². The third kappa shape index (κ3) is 2.09. The highest BCUT2D eigenvalue weighted by atomic mass is 32.2. The van der Waals surface area contributed by atoms with E-state index in [2.05, 4.69) is 11.4 Å². The minimum Gasteiger partial charge on any atom is -0.325 e. The van der Waals surface area contributed by atoms with Gasteiger partial charge in [0.1, 0.15) is 5.41 Å². The molecule has 23 heavy (non-hydrogen) atoms. The summed E-state index contributed by atoms with van der Waals surface area (Å²) in [5.41, 5.74) is 0.335. The van der Waals surface area contributed by atoms with Gasteiger partial charge in [0.25, 0.3) is 0 Å². The van der Waals surface area contributed by atoms with Gasteiger partial charge in [0, 0.05) is 18.8 Å². The monoisotopic (exact) mass is 331 g/mol. The van der Waals surface area contributed by atoms with Gasteiger partial charge in [-0.25, -0.2) is 8.42 Å². The van der Waals surface area contributed by atoms with Crippen molar-refractivity contribution in [2.24, 2.45) is 11.8 Å². The first-order valence-corrected chi connectivity index (χ1v) is 9.37. The van der Waals surface area contributed by atoms with Gasteiger partial charge < -0.3 is 5.32 Å². The van der Waals surface area contributed by atoms with E-state index in [0.29, 0.717) is 5.69 Å². The average molecular weight is 331 g/mol. The second kappa shape index (κ2) is 4.79. The van der Waals surface area contributed by atoms with Crippen LogP contribution in [0, 0.1) is 23.2 Å². The van der Waals surface area contributed by atoms with Crippen LogP contribution in [0.1, 0.15) is 18.4 Å². The van der Waals surface area contributed by atoms with Crippen LogP contribution in [0.2, 0.25) is 0 Å². The molecule has 2 aliphatic heterocycles. The predicted molar refractivity (Wildman–Crippen MR) is 83.9 cm³/mol. The number of nitriles is 1. The van der Waals surface area contributed by atoms with Crippen LogP contribution in [0.25, 0.3) is 0 Å². The van der Waals surface area contributed by atoms with E-state index in [1.807, 2.05) is 18.2 Å². The van der Waals surface area contributed by atoms with Crippen molar-refractivity contribution < 1.29 is 13.2 Å². The number of fused-ring (bicyclic) bond motifs is 2. The van der Waals surface area contributed by atoms with Crippen LogP contribution in [-0.4, -0.2) is 37.5 Å². The Hall–Kier alpha value is -1.91. The minimum atomic E-state index is -3.43. The summed E-state index contributed by atoms with van der Waals surface area (Å²) in [6, 6.07) is 9.41. The summed E-state index contributed by atoms with van der Waals surface area (Å²) in [6.07, 6.45) is 1.90. The van der Waals surface area contributed by atoms with Crippen LogP contribution in [0.15, 0.2) is 24.3 Å². The largest absolute Gasteiger partial charge is 0.325 e. The summed E-state index contributed by atoms with van der Waals surface area (Å²) in [5, 5.41) is 12.4. The average Bonchev–Trinajstić information content (AvgIpc) is 3.15. The maximum atomic E-state index is 12.6. The molecule has 120 valence electrons. The second-order valence-electron chi connectivity index (χ2n) is 6.67. The third-order valence-electron chi connectivity index (χ3n) is 5.16. The Balaban J connectivity index is 1.74. The zero-order valence-corrected chi connectivity index (χ0v) is 13.3. The number of anilines is 1. The highest BCUT2D eigenvalue weighted by Crippen LogP contribution is 2.48. The molecule has 0 radical (unpaired) electrons. The van der Waals surface area contributed by atoms with E-state index in [1.54, 1.807) is 6.07 Å². The lowest BCUT2D eigenvalue weighted by atomic mass is 9.74. The Bertz CT molecular complexity index is 825. The van der Waals surface area contributed by atoms with Crippen molar-refractivity contribution in [3.8, 4) is 6.07 Å². The fraction of sp³-hybridized carbons (Fsp3) is 0.500. The van der Waals surface area contributed by atoms with Gasteiger partial charge in [0.2, 0.25) is 15.9 Å². The molecule has 0 aromatic heterocycles. The Morgan fingerprint density at radius 2 is 2.09 bits per heavy atom. The number of carbonyl (C=O) groups is 1. The minimum absolute atomic E-state index is 0.0587. The van der Waals surface area contributed by atoms with Gasteiger partial charge in [-0.3, -0.25) is 4.79 Å². The van der Waals surface area contributed by atoms with Crippen LogP contribution in [0.4, 0.5) is 5.69 Å². The summed E-state index contributed by atoms with van der Waals surface area (Å²) < 4.78 is 26.5. The standard InChI is InChI=1S/C16H17N3O3S/c17-7-12-8-19(23(21,22)9-11-5-6-11)10-16(12)13-3-1-2-4-14(13)18-15(16)20/h1-4,11-12H,5-6,8-10H2,(H,18,20)/t12-,16-/m1/s1. The SMILES string of the molecule is N#C[C@@H]1CN(S(=O)(=O)CC2CC2)C[C@@]12C(=O)Nc1ccccc12. The summed E-state index contributed by atoms with van der Waals surface area (Å²) in [6.45, 7) is 0.149. The van der Waals surface area contributed by atoms with Crippen molar-refractivity contribution >= 4 is 21.6 Å². The molecule has 0 bridgehead atoms. The van der Waals surface area contributed by atoms with Crippen molar-refractivity contribution in [3.63, 3.8) is 0 Å². The van der Waals surface area contributed by atoms with Gasteiger partial charge in [-0.2, -0.15) is 9.57 Å². The molecule has 2 fully saturated rings. The number of sulfonamides is 1. The van der Waals surface area contributed by atoms with E-state index in [4.69, 9.17) is 0 Å². The molecule has 1 aromatic carbocycles. The maximum absolute atomic E-state index is 12.6. The molecular weight excluding hydrogens is 314 g/mol. The van der Waals surface area contributed by atoms with Crippen LogP contribution >= 0.6 is 0 Å². The molecule has 1 amide bonds. The second-order valence-corrected chi connectivity index (χ2v) is 8.68. The highest BCUT2D eigenvalue weighted by Gasteiger charge is 2.59. The number of nitrogens with zero attached hydrogens (tertiary/aromatic N) is 2. The summed E-state index contributed by atoms with van der Waals surface area (Å²) >= 11 is 0. The van der Waals surface area contributed by atoms with Crippen LogP contribution in [0.3, 0.4) is 0 Å². The van der Waals surface area contributed by atoms with E-state index in [0.717, 1.165) is 18.4 Å². The van der Waals surface area contributed by atoms with Gasteiger partial charge in [-0.1, -0.05) is 18.2 Å². The van der Waals surface area contributed by atoms with E-state index < -0.39 is 21.4 Å². The molecule has 1 saturated heterocycles. The molecule has 6 nitrogen and oxygen atoms in total. The zero-order valence-electron chi connectivity index (χ0n) is 12.5. The molecule has 3 aliphatic rings. The third-order valence-corrected chi connectivity index (χ3v) is 7.12. The first-order chi connectivity index (χ1) is 11.0.